The maximum absolute atomic E-state index is 13.5. The number of fused-ring (bicyclic) bond motifs is 3. The van der Waals surface area contributed by atoms with Gasteiger partial charge < -0.3 is 18.8 Å². The maximum Gasteiger partial charge on any atom is 0.200 e. The number of ether oxygens (including phenoxy) is 2. The van der Waals surface area contributed by atoms with Gasteiger partial charge in [-0.1, -0.05) is 29.8 Å². The zero-order chi connectivity index (χ0) is 21.5. The van der Waals surface area contributed by atoms with E-state index >= 15 is 0 Å². The molecule has 0 radical (unpaired) electrons. The Kier molecular flexibility index (Phi) is 4.79. The lowest BCUT2D eigenvalue weighted by atomic mass is 10.0. The number of rotatable bonds is 3. The van der Waals surface area contributed by atoms with Crippen molar-refractivity contribution in [2.75, 3.05) is 18.7 Å². The monoisotopic (exact) mass is 437 g/mol. The van der Waals surface area contributed by atoms with Crippen LogP contribution in [0.3, 0.4) is 0 Å². The van der Waals surface area contributed by atoms with E-state index in [4.69, 9.17) is 25.5 Å². The zero-order valence-corrected chi connectivity index (χ0v) is 17.3. The summed E-state index contributed by atoms with van der Waals surface area (Å²) in [6.07, 6.45) is 1.45. The van der Waals surface area contributed by atoms with Crippen molar-refractivity contribution in [3.8, 4) is 22.6 Å². The van der Waals surface area contributed by atoms with Crippen LogP contribution in [0.5, 0.6) is 11.5 Å². The van der Waals surface area contributed by atoms with E-state index in [0.29, 0.717) is 45.8 Å². The first-order valence-corrected chi connectivity index (χ1v) is 9.98. The molecule has 0 N–H and O–H groups in total. The molecule has 0 amide bonds. The number of methoxy groups -OCH3 is 1. The number of anilines is 1. The summed E-state index contributed by atoms with van der Waals surface area (Å²) in [7, 11) is 1.56. The fraction of sp³-hybridized carbons (Fsp3) is 0.125. The van der Waals surface area contributed by atoms with Gasteiger partial charge in [0.1, 0.15) is 29.2 Å². The van der Waals surface area contributed by atoms with Crippen LogP contribution in [0, 0.1) is 5.82 Å². The van der Waals surface area contributed by atoms with Crippen molar-refractivity contribution >= 4 is 28.3 Å². The molecule has 5 nitrogen and oxygen atoms in total. The van der Waals surface area contributed by atoms with Crippen molar-refractivity contribution < 1.29 is 18.3 Å². The summed E-state index contributed by atoms with van der Waals surface area (Å²) in [5, 5.41) is 0.485. The molecule has 0 spiro atoms. The van der Waals surface area contributed by atoms with Gasteiger partial charge in [-0.3, -0.25) is 4.79 Å². The lowest BCUT2D eigenvalue weighted by Crippen LogP contribution is -2.32. The number of para-hydroxylation sites is 1. The summed E-state index contributed by atoms with van der Waals surface area (Å²) < 4.78 is 30.8. The van der Waals surface area contributed by atoms with Crippen molar-refractivity contribution in [3.63, 3.8) is 0 Å². The Morgan fingerprint density at radius 2 is 1.94 bits per heavy atom. The highest BCUT2D eigenvalue weighted by Crippen LogP contribution is 2.36. The lowest BCUT2D eigenvalue weighted by Gasteiger charge is -2.31. The van der Waals surface area contributed by atoms with Gasteiger partial charge in [-0.25, -0.2) is 4.39 Å². The van der Waals surface area contributed by atoms with Gasteiger partial charge in [0.15, 0.2) is 6.73 Å². The predicted molar refractivity (Wildman–Crippen MR) is 118 cm³/mol. The number of nitrogens with zero attached hydrogens (tertiary/aromatic N) is 1. The number of benzene rings is 3. The Morgan fingerprint density at radius 1 is 1.10 bits per heavy atom. The van der Waals surface area contributed by atoms with Gasteiger partial charge in [0.2, 0.25) is 5.43 Å². The van der Waals surface area contributed by atoms with E-state index in [0.717, 1.165) is 5.56 Å². The molecule has 2 heterocycles. The first kappa shape index (κ1) is 19.5. The maximum atomic E-state index is 13.5. The van der Waals surface area contributed by atoms with Crippen LogP contribution in [0.15, 0.2) is 70.1 Å². The molecule has 1 aromatic heterocycles. The predicted octanol–water partition coefficient (Wildman–Crippen LogP) is 5.62. The van der Waals surface area contributed by atoms with Gasteiger partial charge in [-0.05, 0) is 36.4 Å². The van der Waals surface area contributed by atoms with E-state index < -0.39 is 5.82 Å². The fourth-order valence-electron chi connectivity index (χ4n) is 3.81. The Bertz CT molecular complexity index is 1370. The topological polar surface area (TPSA) is 51.9 Å². The molecule has 0 unspecified atom stereocenters. The second-order valence-corrected chi connectivity index (χ2v) is 7.57. The molecule has 1 aliphatic heterocycles. The van der Waals surface area contributed by atoms with E-state index in [9.17, 15) is 9.18 Å². The molecule has 0 aliphatic carbocycles. The first-order valence-electron chi connectivity index (χ1n) is 9.60. The van der Waals surface area contributed by atoms with Crippen LogP contribution in [0.1, 0.15) is 5.56 Å². The molecule has 31 heavy (non-hydrogen) atoms. The Hall–Kier alpha value is -3.51. The minimum absolute atomic E-state index is 0.0363. The van der Waals surface area contributed by atoms with Crippen LogP contribution in [-0.2, 0) is 6.54 Å². The lowest BCUT2D eigenvalue weighted by molar-refractivity contribution is 0.289. The van der Waals surface area contributed by atoms with E-state index in [2.05, 4.69) is 0 Å². The van der Waals surface area contributed by atoms with Crippen molar-refractivity contribution in [3.05, 3.63) is 87.5 Å². The zero-order valence-electron chi connectivity index (χ0n) is 16.5. The average molecular weight is 438 g/mol. The molecule has 156 valence electrons. The second kappa shape index (κ2) is 7.63. The minimum Gasteiger partial charge on any atom is -0.496 e. The Balaban J connectivity index is 1.60. The molecule has 0 saturated carbocycles. The summed E-state index contributed by atoms with van der Waals surface area (Å²) in [5.41, 5.74) is 2.84. The van der Waals surface area contributed by atoms with Crippen molar-refractivity contribution in [2.24, 2.45) is 0 Å². The van der Waals surface area contributed by atoms with Crippen LogP contribution >= 0.6 is 11.6 Å². The van der Waals surface area contributed by atoms with Gasteiger partial charge in [0, 0.05) is 11.3 Å². The second-order valence-electron chi connectivity index (χ2n) is 7.17. The van der Waals surface area contributed by atoms with E-state index in [-0.39, 0.29) is 17.2 Å². The summed E-state index contributed by atoms with van der Waals surface area (Å²) >= 11 is 5.94. The molecule has 0 bridgehead atoms. The van der Waals surface area contributed by atoms with Gasteiger partial charge in [-0.15, -0.1) is 0 Å². The van der Waals surface area contributed by atoms with Crippen LogP contribution in [0.4, 0.5) is 10.1 Å². The van der Waals surface area contributed by atoms with Gasteiger partial charge in [0.05, 0.1) is 35.2 Å². The van der Waals surface area contributed by atoms with Crippen molar-refractivity contribution in [1.82, 2.24) is 0 Å². The average Bonchev–Trinajstić information content (AvgIpc) is 2.80. The summed E-state index contributed by atoms with van der Waals surface area (Å²) in [4.78, 5) is 15.2. The number of halogens is 2. The summed E-state index contributed by atoms with van der Waals surface area (Å²) in [6, 6.07) is 15.3. The third kappa shape index (κ3) is 3.29. The molecule has 0 fully saturated rings. The van der Waals surface area contributed by atoms with Crippen molar-refractivity contribution in [1.29, 1.82) is 0 Å². The summed E-state index contributed by atoms with van der Waals surface area (Å²) in [6.45, 7) is 0.690. The smallest absolute Gasteiger partial charge is 0.200 e. The van der Waals surface area contributed by atoms with Crippen LogP contribution in [0.25, 0.3) is 22.1 Å². The highest BCUT2D eigenvalue weighted by atomic mass is 35.5. The standard InChI is InChI=1S/C24H17ClFNO4/c1-29-21-5-3-2-4-15(21)18-12-30-24-16(23(18)28)7-9-22-17(24)11-27(13-31-22)14-6-8-20(26)19(25)10-14/h2-10,12H,11,13H2,1H3. The van der Waals surface area contributed by atoms with Crippen LogP contribution < -0.4 is 19.8 Å². The largest absolute Gasteiger partial charge is 0.496 e. The molecule has 7 heteroatoms. The highest BCUT2D eigenvalue weighted by molar-refractivity contribution is 6.31. The van der Waals surface area contributed by atoms with Crippen LogP contribution in [0.2, 0.25) is 5.02 Å². The van der Waals surface area contributed by atoms with Gasteiger partial charge >= 0.3 is 0 Å². The van der Waals surface area contributed by atoms with E-state index in [1.165, 1.54) is 12.3 Å². The molecule has 0 saturated heterocycles. The third-order valence-corrected chi connectivity index (χ3v) is 5.68. The van der Waals surface area contributed by atoms with E-state index in [1.807, 2.05) is 23.1 Å². The quantitative estimate of drug-likeness (QED) is 0.416. The highest BCUT2D eigenvalue weighted by Gasteiger charge is 2.24. The first-order chi connectivity index (χ1) is 15.1. The molecule has 4 aromatic rings. The molecule has 0 atom stereocenters. The molecule has 1 aliphatic rings. The van der Waals surface area contributed by atoms with Gasteiger partial charge in [-0.2, -0.15) is 0 Å². The SMILES string of the molecule is COc1ccccc1-c1coc2c3c(ccc2c1=O)OCN(c1ccc(F)c(Cl)c1)C3. The minimum atomic E-state index is -0.482. The van der Waals surface area contributed by atoms with Crippen molar-refractivity contribution in [2.45, 2.75) is 6.54 Å². The fourth-order valence-corrected chi connectivity index (χ4v) is 3.98. The number of hydrogen-bond acceptors (Lipinski definition) is 5. The molecular weight excluding hydrogens is 421 g/mol. The summed E-state index contributed by atoms with van der Waals surface area (Å²) in [5.74, 6) is 0.754. The Labute approximate surface area is 182 Å². The number of hydrogen-bond donors (Lipinski definition) is 0. The van der Waals surface area contributed by atoms with E-state index in [1.54, 1.807) is 37.4 Å². The molecule has 5 rings (SSSR count). The Morgan fingerprint density at radius 3 is 2.74 bits per heavy atom. The molecule has 3 aromatic carbocycles. The third-order valence-electron chi connectivity index (χ3n) is 5.39. The normalized spacial score (nSPS) is 13.1. The molecular formula is C24H17ClFNO4. The van der Waals surface area contributed by atoms with Crippen LogP contribution in [-0.4, -0.2) is 13.8 Å². The van der Waals surface area contributed by atoms with Gasteiger partial charge in [0.25, 0.3) is 0 Å².